The molecule has 4 aromatic rings. The van der Waals surface area contributed by atoms with Crippen molar-refractivity contribution in [2.75, 3.05) is 18.0 Å². The van der Waals surface area contributed by atoms with Gasteiger partial charge >= 0.3 is 0 Å². The van der Waals surface area contributed by atoms with Crippen molar-refractivity contribution in [3.05, 3.63) is 82.7 Å². The monoisotopic (exact) mass is 526 g/mol. The first-order valence-corrected chi connectivity index (χ1v) is 14.1. The van der Waals surface area contributed by atoms with Crippen LogP contribution in [0.5, 0.6) is 0 Å². The van der Waals surface area contributed by atoms with Crippen LogP contribution in [0.4, 0.5) is 11.4 Å². The molecular formula is C29H26N4O2S2. The number of amides is 1. The first kappa shape index (κ1) is 23.9. The summed E-state index contributed by atoms with van der Waals surface area (Å²) < 4.78 is 6.05. The molecule has 3 aromatic carbocycles. The molecule has 0 bridgehead atoms. The summed E-state index contributed by atoms with van der Waals surface area (Å²) in [6.45, 7) is 5.69. The Morgan fingerprint density at radius 3 is 2.57 bits per heavy atom. The summed E-state index contributed by atoms with van der Waals surface area (Å²) >= 11 is 3.13. The van der Waals surface area contributed by atoms with Gasteiger partial charge in [-0.25, -0.2) is 9.98 Å². The summed E-state index contributed by atoms with van der Waals surface area (Å²) in [5, 5.41) is 1.69. The number of nitrogens with zero attached hydrogens (tertiary/aromatic N) is 4. The number of aromatic nitrogens is 1. The van der Waals surface area contributed by atoms with Crippen LogP contribution in [0, 0.1) is 0 Å². The maximum Gasteiger partial charge on any atom is 0.269 e. The van der Waals surface area contributed by atoms with Gasteiger partial charge in [0.15, 0.2) is 10.8 Å². The number of amidine groups is 1. The third kappa shape index (κ3) is 4.45. The SMILES string of the molecule is CCCCN1C(=O)/C(=C2/Sc3ccccc3N2CC)SC1=Nc1ccc2nc(-c3ccccc3)oc2c1. The summed E-state index contributed by atoms with van der Waals surface area (Å²) in [4.78, 5) is 29.2. The Morgan fingerprint density at radius 2 is 1.76 bits per heavy atom. The Labute approximate surface area is 224 Å². The fraction of sp³-hybridized carbons (Fsp3) is 0.207. The Bertz CT molecular complexity index is 1540. The van der Waals surface area contributed by atoms with E-state index in [1.807, 2.05) is 65.6 Å². The van der Waals surface area contributed by atoms with E-state index in [9.17, 15) is 4.79 Å². The van der Waals surface area contributed by atoms with Gasteiger partial charge in [-0.2, -0.15) is 0 Å². The number of fused-ring (bicyclic) bond motifs is 2. The van der Waals surface area contributed by atoms with Gasteiger partial charge in [-0.1, -0.05) is 55.4 Å². The third-order valence-corrected chi connectivity index (χ3v) is 8.71. The van der Waals surface area contributed by atoms with Crippen LogP contribution in [0.25, 0.3) is 22.6 Å². The highest BCUT2D eigenvalue weighted by Crippen LogP contribution is 2.50. The number of aliphatic imine (C=N–C) groups is 1. The molecular weight excluding hydrogens is 500 g/mol. The average Bonchev–Trinajstić information content (AvgIpc) is 3.61. The van der Waals surface area contributed by atoms with Crippen molar-refractivity contribution in [3.8, 4) is 11.5 Å². The van der Waals surface area contributed by atoms with Crippen molar-refractivity contribution >= 4 is 57.1 Å². The van der Waals surface area contributed by atoms with Crippen LogP contribution in [0.15, 0.2) is 97.0 Å². The fourth-order valence-electron chi connectivity index (χ4n) is 4.45. The Balaban J connectivity index is 1.37. The summed E-state index contributed by atoms with van der Waals surface area (Å²) in [7, 11) is 0. The van der Waals surface area contributed by atoms with Gasteiger partial charge in [-0.15, -0.1) is 0 Å². The minimum atomic E-state index is 0.0260. The number of oxazole rings is 1. The molecule has 0 N–H and O–H groups in total. The second kappa shape index (κ2) is 10.1. The molecule has 0 unspecified atom stereocenters. The van der Waals surface area contributed by atoms with Crippen LogP contribution in [-0.4, -0.2) is 34.0 Å². The molecule has 1 amide bonds. The van der Waals surface area contributed by atoms with Gasteiger partial charge in [0.2, 0.25) is 5.89 Å². The van der Waals surface area contributed by atoms with Gasteiger partial charge in [-0.3, -0.25) is 9.69 Å². The molecule has 0 atom stereocenters. The molecule has 1 aromatic heterocycles. The second-order valence-electron chi connectivity index (χ2n) is 8.79. The largest absolute Gasteiger partial charge is 0.436 e. The number of benzene rings is 3. The van der Waals surface area contributed by atoms with E-state index in [-0.39, 0.29) is 5.91 Å². The lowest BCUT2D eigenvalue weighted by atomic mass is 10.2. The molecule has 186 valence electrons. The first-order valence-electron chi connectivity index (χ1n) is 12.5. The minimum absolute atomic E-state index is 0.0260. The second-order valence-corrected chi connectivity index (χ2v) is 10.8. The average molecular weight is 527 g/mol. The van der Waals surface area contributed by atoms with Crippen molar-refractivity contribution in [2.24, 2.45) is 4.99 Å². The van der Waals surface area contributed by atoms with Gasteiger partial charge in [0.05, 0.1) is 11.4 Å². The third-order valence-electron chi connectivity index (χ3n) is 6.33. The van der Waals surface area contributed by atoms with E-state index in [0.717, 1.165) is 51.8 Å². The molecule has 6 nitrogen and oxygen atoms in total. The molecule has 37 heavy (non-hydrogen) atoms. The molecule has 0 radical (unpaired) electrons. The fourth-order valence-corrected chi connectivity index (χ4v) is 6.87. The first-order chi connectivity index (χ1) is 18.2. The van der Waals surface area contributed by atoms with E-state index in [1.54, 1.807) is 11.8 Å². The topological polar surface area (TPSA) is 61.9 Å². The maximum absolute atomic E-state index is 13.7. The van der Waals surface area contributed by atoms with Crippen LogP contribution in [0.2, 0.25) is 0 Å². The number of hydrogen-bond acceptors (Lipinski definition) is 7. The number of unbranched alkanes of at least 4 members (excludes halogenated alkanes) is 1. The Hall–Kier alpha value is -3.49. The Morgan fingerprint density at radius 1 is 0.946 bits per heavy atom. The Kier molecular flexibility index (Phi) is 6.52. The van der Waals surface area contributed by atoms with Gasteiger partial charge < -0.3 is 9.32 Å². The maximum atomic E-state index is 13.7. The number of rotatable bonds is 6. The van der Waals surface area contributed by atoms with Crippen molar-refractivity contribution in [1.82, 2.24) is 9.88 Å². The standard InChI is InChI=1S/C29H26N4O2S2/c1-3-5-17-33-27(34)25(28-32(4-2)22-13-9-10-14-24(22)36-28)37-29(33)30-20-15-16-21-23(18-20)35-26(31-21)19-11-7-6-8-12-19/h6-16,18H,3-5,17H2,1-2H3/b28-25-,30-29?. The zero-order valence-corrected chi connectivity index (χ0v) is 22.3. The molecule has 6 rings (SSSR count). The van der Waals surface area contributed by atoms with E-state index in [4.69, 9.17) is 9.41 Å². The predicted molar refractivity (Wildman–Crippen MR) is 153 cm³/mol. The summed E-state index contributed by atoms with van der Waals surface area (Å²) in [5.41, 5.74) is 4.28. The molecule has 8 heteroatoms. The molecule has 1 fully saturated rings. The van der Waals surface area contributed by atoms with Crippen molar-refractivity contribution in [2.45, 2.75) is 31.6 Å². The highest BCUT2D eigenvalue weighted by molar-refractivity contribution is 8.19. The molecule has 0 spiro atoms. The van der Waals surface area contributed by atoms with Gasteiger partial charge in [0.25, 0.3) is 5.91 Å². The molecule has 2 aliphatic heterocycles. The number of carbonyl (C=O) groups is 1. The zero-order chi connectivity index (χ0) is 25.4. The predicted octanol–water partition coefficient (Wildman–Crippen LogP) is 7.66. The van der Waals surface area contributed by atoms with E-state index in [2.05, 4.69) is 35.9 Å². The van der Waals surface area contributed by atoms with Crippen molar-refractivity contribution in [3.63, 3.8) is 0 Å². The van der Waals surface area contributed by atoms with Crippen LogP contribution >= 0.6 is 23.5 Å². The quantitative estimate of drug-likeness (QED) is 0.240. The summed E-state index contributed by atoms with van der Waals surface area (Å²) in [6, 6.07) is 23.9. The summed E-state index contributed by atoms with van der Waals surface area (Å²) in [5.74, 6) is 0.609. The number of hydrogen-bond donors (Lipinski definition) is 0. The summed E-state index contributed by atoms with van der Waals surface area (Å²) in [6.07, 6.45) is 1.92. The smallest absolute Gasteiger partial charge is 0.269 e. The number of thioether (sulfide) groups is 2. The van der Waals surface area contributed by atoms with E-state index < -0.39 is 0 Å². The number of anilines is 1. The van der Waals surface area contributed by atoms with E-state index in [0.29, 0.717) is 23.2 Å². The molecule has 0 aliphatic carbocycles. The normalized spacial score (nSPS) is 18.4. The lowest BCUT2D eigenvalue weighted by Gasteiger charge is -2.19. The number of carbonyl (C=O) groups excluding carboxylic acids is 1. The van der Waals surface area contributed by atoms with Crippen LogP contribution in [0.3, 0.4) is 0 Å². The van der Waals surface area contributed by atoms with Gasteiger partial charge in [0.1, 0.15) is 15.5 Å². The van der Waals surface area contributed by atoms with Crippen LogP contribution in [0.1, 0.15) is 26.7 Å². The number of para-hydroxylation sites is 1. The molecule has 3 heterocycles. The van der Waals surface area contributed by atoms with Gasteiger partial charge in [0, 0.05) is 29.6 Å². The highest BCUT2D eigenvalue weighted by Gasteiger charge is 2.39. The molecule has 1 saturated heterocycles. The highest BCUT2D eigenvalue weighted by atomic mass is 32.2. The van der Waals surface area contributed by atoms with Crippen molar-refractivity contribution in [1.29, 1.82) is 0 Å². The lowest BCUT2D eigenvalue weighted by Crippen LogP contribution is -2.30. The molecule has 0 saturated carbocycles. The van der Waals surface area contributed by atoms with Crippen molar-refractivity contribution < 1.29 is 9.21 Å². The van der Waals surface area contributed by atoms with Gasteiger partial charge in [-0.05, 0) is 61.5 Å². The zero-order valence-electron chi connectivity index (χ0n) is 20.7. The van der Waals surface area contributed by atoms with Crippen LogP contribution in [-0.2, 0) is 4.79 Å². The lowest BCUT2D eigenvalue weighted by molar-refractivity contribution is -0.122. The minimum Gasteiger partial charge on any atom is -0.436 e. The molecule has 2 aliphatic rings. The van der Waals surface area contributed by atoms with E-state index >= 15 is 0 Å². The van der Waals surface area contributed by atoms with E-state index in [1.165, 1.54) is 16.7 Å². The van der Waals surface area contributed by atoms with Crippen LogP contribution < -0.4 is 4.90 Å².